The summed E-state index contributed by atoms with van der Waals surface area (Å²) in [5.41, 5.74) is 6.90. The summed E-state index contributed by atoms with van der Waals surface area (Å²) < 4.78 is 1.81. The van der Waals surface area contributed by atoms with Gasteiger partial charge in [0.1, 0.15) is 0 Å². The van der Waals surface area contributed by atoms with Crippen molar-refractivity contribution < 1.29 is 14.5 Å². The zero-order valence-corrected chi connectivity index (χ0v) is 17.7. The molecule has 0 saturated heterocycles. The number of carbonyl (C=O) groups excluding carboxylic acids is 2. The average molecular weight is 440 g/mol. The Kier molecular flexibility index (Phi) is 6.98. The molecule has 2 amide bonds. The van der Waals surface area contributed by atoms with E-state index in [0.717, 1.165) is 5.56 Å². The topological polar surface area (TPSA) is 132 Å². The molecule has 0 saturated carbocycles. The number of hydrogen-bond acceptors (Lipinski definition) is 7. The van der Waals surface area contributed by atoms with Crippen molar-refractivity contribution in [2.24, 2.45) is 0 Å². The van der Waals surface area contributed by atoms with E-state index in [1.165, 1.54) is 23.9 Å². The number of thioether (sulfide) groups is 1. The van der Waals surface area contributed by atoms with E-state index in [1.54, 1.807) is 24.3 Å². The summed E-state index contributed by atoms with van der Waals surface area (Å²) in [5, 5.41) is 19.6. The monoisotopic (exact) mass is 440 g/mol. The molecule has 0 spiro atoms. The van der Waals surface area contributed by atoms with Gasteiger partial charge < -0.3 is 4.57 Å². The van der Waals surface area contributed by atoms with Crippen molar-refractivity contribution in [1.82, 2.24) is 25.6 Å². The number of hydrazine groups is 1. The molecule has 3 aromatic rings. The fourth-order valence-corrected chi connectivity index (χ4v) is 3.50. The Hall–Kier alpha value is -3.73. The number of rotatable bonds is 7. The number of hydrogen-bond donors (Lipinski definition) is 2. The second kappa shape index (κ2) is 9.85. The molecule has 0 radical (unpaired) electrons. The van der Waals surface area contributed by atoms with E-state index in [-0.39, 0.29) is 11.4 Å². The molecule has 0 fully saturated rings. The van der Waals surface area contributed by atoms with Crippen molar-refractivity contribution in [3.05, 3.63) is 69.8 Å². The van der Waals surface area contributed by atoms with Gasteiger partial charge in [0.25, 0.3) is 11.6 Å². The van der Waals surface area contributed by atoms with Gasteiger partial charge in [-0.05, 0) is 38.1 Å². The first-order valence-electron chi connectivity index (χ1n) is 9.35. The van der Waals surface area contributed by atoms with Gasteiger partial charge >= 0.3 is 0 Å². The lowest BCUT2D eigenvalue weighted by molar-refractivity contribution is -0.384. The number of aryl methyl sites for hydroxylation is 1. The molecule has 11 heteroatoms. The number of nitro groups is 1. The third kappa shape index (κ3) is 5.45. The van der Waals surface area contributed by atoms with Gasteiger partial charge in [-0.3, -0.25) is 30.6 Å². The van der Waals surface area contributed by atoms with Gasteiger partial charge in [0.15, 0.2) is 11.0 Å². The third-order valence-electron chi connectivity index (χ3n) is 4.33. The molecule has 0 aliphatic heterocycles. The van der Waals surface area contributed by atoms with E-state index in [9.17, 15) is 19.7 Å². The number of nitrogens with zero attached hydrogens (tertiary/aromatic N) is 4. The molecule has 1 aromatic heterocycles. The zero-order chi connectivity index (χ0) is 22.4. The van der Waals surface area contributed by atoms with Gasteiger partial charge in [-0.2, -0.15) is 0 Å². The van der Waals surface area contributed by atoms with Crippen LogP contribution in [-0.4, -0.2) is 37.3 Å². The van der Waals surface area contributed by atoms with E-state index in [2.05, 4.69) is 21.0 Å². The third-order valence-corrected chi connectivity index (χ3v) is 5.30. The minimum absolute atomic E-state index is 0.00901. The lowest BCUT2D eigenvalue weighted by Crippen LogP contribution is -2.42. The summed E-state index contributed by atoms with van der Waals surface area (Å²) in [6.45, 7) is 4.38. The molecule has 2 N–H and O–H groups in total. The summed E-state index contributed by atoms with van der Waals surface area (Å²) in [6.07, 6.45) is 0. The zero-order valence-electron chi connectivity index (χ0n) is 16.9. The molecule has 2 aromatic carbocycles. The Bertz CT molecular complexity index is 1100. The highest BCUT2D eigenvalue weighted by Gasteiger charge is 2.16. The number of nitrogens with one attached hydrogen (secondary N) is 2. The Balaban J connectivity index is 1.58. The maximum Gasteiger partial charge on any atom is 0.269 e. The minimum atomic E-state index is -0.466. The van der Waals surface area contributed by atoms with Gasteiger partial charge in [0.2, 0.25) is 5.91 Å². The fourth-order valence-electron chi connectivity index (χ4n) is 2.70. The molecule has 0 bridgehead atoms. The van der Waals surface area contributed by atoms with Gasteiger partial charge in [-0.1, -0.05) is 29.5 Å². The predicted molar refractivity (Wildman–Crippen MR) is 115 cm³/mol. The van der Waals surface area contributed by atoms with Gasteiger partial charge in [0, 0.05) is 29.8 Å². The van der Waals surface area contributed by atoms with Crippen LogP contribution in [0, 0.1) is 17.0 Å². The number of nitro benzene ring substituents is 1. The molecule has 1 heterocycles. The van der Waals surface area contributed by atoms with Crippen molar-refractivity contribution in [3.63, 3.8) is 0 Å². The second-order valence-electron chi connectivity index (χ2n) is 6.51. The van der Waals surface area contributed by atoms with Crippen LogP contribution in [-0.2, 0) is 11.3 Å². The smallest absolute Gasteiger partial charge is 0.269 e. The molecular weight excluding hydrogens is 420 g/mol. The van der Waals surface area contributed by atoms with Crippen molar-refractivity contribution in [2.45, 2.75) is 25.5 Å². The first-order valence-corrected chi connectivity index (χ1v) is 10.3. The largest absolute Gasteiger partial charge is 0.302 e. The normalized spacial score (nSPS) is 10.5. The molecule has 31 heavy (non-hydrogen) atoms. The molecule has 0 unspecified atom stereocenters. The standard InChI is InChI=1S/C20H20N6O4S/c1-3-25-18(14-8-10-16(11-9-14)26(29)30)22-24-20(25)31-12-17(27)21-23-19(28)15-6-4-13(2)5-7-15/h4-11H,3,12H2,1-2H3,(H,21,27)(H,23,28). The summed E-state index contributed by atoms with van der Waals surface area (Å²) in [4.78, 5) is 34.5. The Morgan fingerprint density at radius 1 is 1.06 bits per heavy atom. The second-order valence-corrected chi connectivity index (χ2v) is 7.45. The summed E-state index contributed by atoms with van der Waals surface area (Å²) in [6, 6.07) is 13.0. The van der Waals surface area contributed by atoms with E-state index in [1.807, 2.05) is 30.5 Å². The fraction of sp³-hybridized carbons (Fsp3) is 0.200. The van der Waals surface area contributed by atoms with Gasteiger partial charge in [-0.25, -0.2) is 0 Å². The van der Waals surface area contributed by atoms with Crippen molar-refractivity contribution >= 4 is 29.3 Å². The molecule has 3 rings (SSSR count). The maximum absolute atomic E-state index is 12.1. The van der Waals surface area contributed by atoms with Crippen LogP contribution in [0.1, 0.15) is 22.8 Å². The van der Waals surface area contributed by atoms with Crippen LogP contribution in [0.5, 0.6) is 0 Å². The summed E-state index contributed by atoms with van der Waals surface area (Å²) >= 11 is 1.17. The highest BCUT2D eigenvalue weighted by atomic mass is 32.2. The lowest BCUT2D eigenvalue weighted by atomic mass is 10.1. The van der Waals surface area contributed by atoms with E-state index in [0.29, 0.717) is 28.7 Å². The quantitative estimate of drug-likeness (QED) is 0.328. The van der Waals surface area contributed by atoms with Crippen molar-refractivity contribution in [3.8, 4) is 11.4 Å². The van der Waals surface area contributed by atoms with Crippen LogP contribution >= 0.6 is 11.8 Å². The molecule has 10 nitrogen and oxygen atoms in total. The lowest BCUT2D eigenvalue weighted by Gasteiger charge is -2.09. The SMILES string of the molecule is CCn1c(SCC(=O)NNC(=O)c2ccc(C)cc2)nnc1-c1ccc([N+](=O)[O-])cc1. The van der Waals surface area contributed by atoms with E-state index >= 15 is 0 Å². The Morgan fingerprint density at radius 3 is 2.35 bits per heavy atom. The van der Waals surface area contributed by atoms with Crippen LogP contribution in [0.2, 0.25) is 0 Å². The van der Waals surface area contributed by atoms with Crippen LogP contribution in [0.3, 0.4) is 0 Å². The highest BCUT2D eigenvalue weighted by Crippen LogP contribution is 2.25. The number of benzene rings is 2. The molecular formula is C20H20N6O4S. The number of aromatic nitrogens is 3. The maximum atomic E-state index is 12.1. The van der Waals surface area contributed by atoms with Crippen molar-refractivity contribution in [2.75, 3.05) is 5.75 Å². The Morgan fingerprint density at radius 2 is 1.74 bits per heavy atom. The predicted octanol–water partition coefficient (Wildman–Crippen LogP) is 2.73. The molecule has 160 valence electrons. The average Bonchev–Trinajstić information content (AvgIpc) is 3.19. The van der Waals surface area contributed by atoms with Crippen LogP contribution < -0.4 is 10.9 Å². The molecule has 0 atom stereocenters. The van der Waals surface area contributed by atoms with Gasteiger partial charge in [-0.15, -0.1) is 10.2 Å². The number of carbonyl (C=O) groups is 2. The first-order chi connectivity index (χ1) is 14.9. The number of amides is 2. The van der Waals surface area contributed by atoms with E-state index < -0.39 is 16.7 Å². The van der Waals surface area contributed by atoms with Crippen molar-refractivity contribution in [1.29, 1.82) is 0 Å². The van der Waals surface area contributed by atoms with Crippen LogP contribution in [0.25, 0.3) is 11.4 Å². The molecule has 0 aliphatic rings. The van der Waals surface area contributed by atoms with Gasteiger partial charge in [0.05, 0.1) is 10.7 Å². The summed E-state index contributed by atoms with van der Waals surface area (Å²) in [5.74, 6) is -0.233. The van der Waals surface area contributed by atoms with Crippen LogP contribution in [0.15, 0.2) is 53.7 Å². The minimum Gasteiger partial charge on any atom is -0.302 e. The number of non-ortho nitro benzene ring substituents is 1. The summed E-state index contributed by atoms with van der Waals surface area (Å²) in [7, 11) is 0. The Labute approximate surface area is 182 Å². The van der Waals surface area contributed by atoms with E-state index in [4.69, 9.17) is 0 Å². The van der Waals surface area contributed by atoms with Crippen LogP contribution in [0.4, 0.5) is 5.69 Å². The first kappa shape index (κ1) is 22.0. The molecule has 0 aliphatic carbocycles. The highest BCUT2D eigenvalue weighted by molar-refractivity contribution is 7.99.